The topological polar surface area (TPSA) is 12.5 Å². The lowest BCUT2D eigenvalue weighted by Crippen LogP contribution is -2.35. The number of hydrogen-bond acceptors (Lipinski definition) is 2. The molecule has 0 radical (unpaired) electrons. The maximum Gasteiger partial charge on any atom is 0.119 e. The SMILES string of the molecule is CC(C)OC[C@@H]1[C@H](F)CCN1C. The van der Waals surface area contributed by atoms with Crippen molar-refractivity contribution in [3.8, 4) is 0 Å². The van der Waals surface area contributed by atoms with E-state index in [1.54, 1.807) is 0 Å². The minimum absolute atomic E-state index is 0.0209. The molecule has 0 bridgehead atoms. The summed E-state index contributed by atoms with van der Waals surface area (Å²) in [6.45, 7) is 5.33. The van der Waals surface area contributed by atoms with Gasteiger partial charge in [-0.05, 0) is 27.3 Å². The van der Waals surface area contributed by atoms with Gasteiger partial charge in [-0.25, -0.2) is 4.39 Å². The monoisotopic (exact) mass is 175 g/mol. The van der Waals surface area contributed by atoms with Gasteiger partial charge in [-0.3, -0.25) is 4.90 Å². The molecule has 1 rings (SSSR count). The van der Waals surface area contributed by atoms with Crippen LogP contribution in [-0.2, 0) is 4.74 Å². The van der Waals surface area contributed by atoms with Gasteiger partial charge in [-0.2, -0.15) is 0 Å². The molecule has 0 saturated carbocycles. The van der Waals surface area contributed by atoms with Crippen LogP contribution in [0.1, 0.15) is 20.3 Å². The largest absolute Gasteiger partial charge is 0.377 e. The predicted molar refractivity (Wildman–Crippen MR) is 47.0 cm³/mol. The zero-order valence-electron chi connectivity index (χ0n) is 8.09. The molecule has 1 fully saturated rings. The van der Waals surface area contributed by atoms with Crippen molar-refractivity contribution in [2.75, 3.05) is 20.2 Å². The highest BCUT2D eigenvalue weighted by Crippen LogP contribution is 2.19. The maximum absolute atomic E-state index is 13.2. The van der Waals surface area contributed by atoms with Crippen molar-refractivity contribution < 1.29 is 9.13 Å². The van der Waals surface area contributed by atoms with E-state index in [1.807, 2.05) is 25.8 Å². The second-order valence-corrected chi connectivity index (χ2v) is 3.73. The van der Waals surface area contributed by atoms with E-state index >= 15 is 0 Å². The Morgan fingerprint density at radius 3 is 2.67 bits per heavy atom. The average molecular weight is 175 g/mol. The van der Waals surface area contributed by atoms with Crippen LogP contribution in [-0.4, -0.2) is 43.4 Å². The number of ether oxygens (including phenoxy) is 1. The Morgan fingerprint density at radius 2 is 2.25 bits per heavy atom. The van der Waals surface area contributed by atoms with Crippen molar-refractivity contribution in [1.29, 1.82) is 0 Å². The van der Waals surface area contributed by atoms with Gasteiger partial charge in [0.05, 0.1) is 18.8 Å². The molecule has 2 atom stereocenters. The van der Waals surface area contributed by atoms with E-state index in [4.69, 9.17) is 4.74 Å². The van der Waals surface area contributed by atoms with Crippen LogP contribution in [0.25, 0.3) is 0 Å². The minimum Gasteiger partial charge on any atom is -0.377 e. The van der Waals surface area contributed by atoms with Gasteiger partial charge in [0.25, 0.3) is 0 Å². The Morgan fingerprint density at radius 1 is 1.58 bits per heavy atom. The number of nitrogens with zero attached hydrogens (tertiary/aromatic N) is 1. The highest BCUT2D eigenvalue weighted by molar-refractivity contribution is 4.84. The summed E-state index contributed by atoms with van der Waals surface area (Å²) in [5.74, 6) is 0. The minimum atomic E-state index is -0.700. The number of likely N-dealkylation sites (tertiary alicyclic amines) is 1. The molecule has 1 heterocycles. The molecule has 3 heteroatoms. The molecular weight excluding hydrogens is 157 g/mol. The lowest BCUT2D eigenvalue weighted by Gasteiger charge is -2.21. The number of rotatable bonds is 3. The highest BCUT2D eigenvalue weighted by Gasteiger charge is 2.31. The third-order valence-electron chi connectivity index (χ3n) is 2.34. The summed E-state index contributed by atoms with van der Waals surface area (Å²) in [7, 11) is 1.95. The van der Waals surface area contributed by atoms with Crippen LogP contribution in [0.5, 0.6) is 0 Å². The maximum atomic E-state index is 13.2. The van der Waals surface area contributed by atoms with Crippen LogP contribution in [0.3, 0.4) is 0 Å². The van der Waals surface area contributed by atoms with Crippen molar-refractivity contribution in [3.63, 3.8) is 0 Å². The molecule has 0 aromatic carbocycles. The first-order chi connectivity index (χ1) is 5.61. The molecule has 1 aliphatic heterocycles. The summed E-state index contributed by atoms with van der Waals surface area (Å²) < 4.78 is 18.6. The fourth-order valence-corrected chi connectivity index (χ4v) is 1.48. The van der Waals surface area contributed by atoms with Gasteiger partial charge in [0, 0.05) is 6.54 Å². The lowest BCUT2D eigenvalue weighted by atomic mass is 10.2. The number of likely N-dealkylation sites (N-methyl/N-ethyl adjacent to an activating group) is 1. The lowest BCUT2D eigenvalue weighted by molar-refractivity contribution is 0.0273. The molecular formula is C9H18FNO. The molecule has 2 nitrogen and oxygen atoms in total. The molecule has 12 heavy (non-hydrogen) atoms. The zero-order valence-corrected chi connectivity index (χ0v) is 8.09. The summed E-state index contributed by atoms with van der Waals surface area (Å²) in [6.07, 6.45) is 0.155. The van der Waals surface area contributed by atoms with Gasteiger partial charge in [-0.1, -0.05) is 0 Å². The summed E-state index contributed by atoms with van der Waals surface area (Å²) in [5, 5.41) is 0. The van der Waals surface area contributed by atoms with Crippen LogP contribution in [0.4, 0.5) is 4.39 Å². The Bertz CT molecular complexity index is 130. The van der Waals surface area contributed by atoms with Crippen molar-refractivity contribution in [3.05, 3.63) is 0 Å². The molecule has 0 unspecified atom stereocenters. The second-order valence-electron chi connectivity index (χ2n) is 3.73. The number of halogens is 1. The second kappa shape index (κ2) is 4.19. The van der Waals surface area contributed by atoms with Crippen LogP contribution in [0, 0.1) is 0 Å². The summed E-state index contributed by atoms with van der Waals surface area (Å²) in [6, 6.07) is -0.0209. The highest BCUT2D eigenvalue weighted by atomic mass is 19.1. The Balaban J connectivity index is 2.29. The van der Waals surface area contributed by atoms with Crippen molar-refractivity contribution in [2.24, 2.45) is 0 Å². The van der Waals surface area contributed by atoms with Gasteiger partial charge in [0.1, 0.15) is 6.17 Å². The van der Waals surface area contributed by atoms with E-state index < -0.39 is 6.17 Å². The fraction of sp³-hybridized carbons (Fsp3) is 1.00. The zero-order chi connectivity index (χ0) is 9.14. The van der Waals surface area contributed by atoms with E-state index in [2.05, 4.69) is 0 Å². The fourth-order valence-electron chi connectivity index (χ4n) is 1.48. The molecule has 0 spiro atoms. The standard InChI is InChI=1S/C9H18FNO/c1-7(2)12-6-9-8(10)4-5-11(9)3/h7-9H,4-6H2,1-3H3/t8-,9-/m1/s1. The summed E-state index contributed by atoms with van der Waals surface area (Å²) >= 11 is 0. The van der Waals surface area contributed by atoms with Crippen LogP contribution in [0.15, 0.2) is 0 Å². The van der Waals surface area contributed by atoms with E-state index in [0.29, 0.717) is 13.0 Å². The van der Waals surface area contributed by atoms with Gasteiger partial charge in [0.15, 0.2) is 0 Å². The van der Waals surface area contributed by atoms with Gasteiger partial charge >= 0.3 is 0 Å². The van der Waals surface area contributed by atoms with Crippen LogP contribution >= 0.6 is 0 Å². The normalized spacial score (nSPS) is 31.8. The Hall–Kier alpha value is -0.150. The first-order valence-electron chi connectivity index (χ1n) is 4.57. The third-order valence-corrected chi connectivity index (χ3v) is 2.34. The first-order valence-corrected chi connectivity index (χ1v) is 4.57. The molecule has 0 aromatic heterocycles. The van der Waals surface area contributed by atoms with Crippen LogP contribution in [0.2, 0.25) is 0 Å². The number of alkyl halides is 1. The predicted octanol–water partition coefficient (Wildman–Crippen LogP) is 1.45. The third kappa shape index (κ3) is 2.42. The summed E-state index contributed by atoms with van der Waals surface area (Å²) in [5.41, 5.74) is 0. The number of hydrogen-bond donors (Lipinski definition) is 0. The molecule has 1 saturated heterocycles. The molecule has 0 amide bonds. The average Bonchev–Trinajstić information content (AvgIpc) is 2.28. The first kappa shape index (κ1) is 9.93. The molecule has 0 N–H and O–H groups in total. The molecule has 1 aliphatic rings. The molecule has 0 aliphatic carbocycles. The van der Waals surface area contributed by atoms with E-state index in [0.717, 1.165) is 6.54 Å². The Kier molecular flexibility index (Phi) is 3.47. The van der Waals surface area contributed by atoms with E-state index in [-0.39, 0.29) is 12.1 Å². The van der Waals surface area contributed by atoms with Crippen molar-refractivity contribution in [1.82, 2.24) is 4.90 Å². The Labute approximate surface area is 73.7 Å². The van der Waals surface area contributed by atoms with Gasteiger partial charge in [0.2, 0.25) is 0 Å². The molecule has 72 valence electrons. The quantitative estimate of drug-likeness (QED) is 0.643. The molecule has 0 aromatic rings. The van der Waals surface area contributed by atoms with E-state index in [1.165, 1.54) is 0 Å². The van der Waals surface area contributed by atoms with Gasteiger partial charge < -0.3 is 4.74 Å². The van der Waals surface area contributed by atoms with Crippen molar-refractivity contribution in [2.45, 2.75) is 38.6 Å². The summed E-state index contributed by atoms with van der Waals surface area (Å²) in [4.78, 5) is 2.03. The van der Waals surface area contributed by atoms with Gasteiger partial charge in [-0.15, -0.1) is 0 Å². The van der Waals surface area contributed by atoms with Crippen molar-refractivity contribution >= 4 is 0 Å². The van der Waals surface area contributed by atoms with Crippen LogP contribution < -0.4 is 0 Å². The smallest absolute Gasteiger partial charge is 0.119 e. The van der Waals surface area contributed by atoms with E-state index in [9.17, 15) is 4.39 Å².